The fraction of sp³-hybridized carbons (Fsp3) is 0.235. The van der Waals surface area contributed by atoms with Crippen molar-refractivity contribution in [2.45, 2.75) is 24.3 Å². The van der Waals surface area contributed by atoms with Gasteiger partial charge in [-0.2, -0.15) is 0 Å². The van der Waals surface area contributed by atoms with Gasteiger partial charge in [-0.15, -0.1) is 0 Å². The van der Waals surface area contributed by atoms with E-state index < -0.39 is 28.6 Å². The Labute approximate surface area is 263 Å². The Balaban J connectivity index is 1.44. The van der Waals surface area contributed by atoms with E-state index in [4.69, 9.17) is 14.2 Å². The molecule has 11 heteroatoms. The molecule has 2 amide bonds. The lowest BCUT2D eigenvalue weighted by atomic mass is 10.1. The average molecular weight is 630 g/mol. The summed E-state index contributed by atoms with van der Waals surface area (Å²) in [6, 6.07) is 27.9. The smallest absolute Gasteiger partial charge is 0.268 e. The number of amides is 2. The number of hydrogen-bond acceptors (Lipinski definition) is 7. The molecule has 234 valence electrons. The number of aryl methyl sites for hydroxylation is 1. The summed E-state index contributed by atoms with van der Waals surface area (Å²) in [4.78, 5) is 28.7. The van der Waals surface area contributed by atoms with Crippen molar-refractivity contribution in [2.24, 2.45) is 0 Å². The number of ether oxygens (including phenoxy) is 3. The molecule has 45 heavy (non-hydrogen) atoms. The molecule has 5 rings (SSSR count). The van der Waals surface area contributed by atoms with Gasteiger partial charge < -0.3 is 24.4 Å². The number of benzene rings is 4. The quantitative estimate of drug-likeness (QED) is 0.262. The molecule has 1 heterocycles. The lowest BCUT2D eigenvalue weighted by Crippen LogP contribution is -2.53. The molecule has 0 saturated heterocycles. The van der Waals surface area contributed by atoms with Crippen LogP contribution >= 0.6 is 0 Å². The summed E-state index contributed by atoms with van der Waals surface area (Å²) in [6.45, 7) is 1.49. The monoisotopic (exact) mass is 629 g/mol. The molecule has 1 atom stereocenters. The van der Waals surface area contributed by atoms with E-state index in [0.29, 0.717) is 35.7 Å². The predicted octanol–water partition coefficient (Wildman–Crippen LogP) is 4.36. The van der Waals surface area contributed by atoms with Crippen LogP contribution in [-0.2, 0) is 26.0 Å². The van der Waals surface area contributed by atoms with E-state index in [1.54, 1.807) is 67.6 Å². The predicted molar refractivity (Wildman–Crippen MR) is 172 cm³/mol. The van der Waals surface area contributed by atoms with E-state index >= 15 is 0 Å². The van der Waals surface area contributed by atoms with Gasteiger partial charge in [0.05, 0.1) is 32.1 Å². The van der Waals surface area contributed by atoms with Crippen molar-refractivity contribution in [1.82, 2.24) is 5.32 Å². The van der Waals surface area contributed by atoms with Crippen LogP contribution in [0.2, 0.25) is 0 Å². The van der Waals surface area contributed by atoms with Crippen LogP contribution in [0.25, 0.3) is 0 Å². The Morgan fingerprint density at radius 3 is 2.44 bits per heavy atom. The topological polar surface area (TPSA) is 114 Å². The number of nitrogens with zero attached hydrogens (tertiary/aromatic N) is 2. The number of para-hydroxylation sites is 2. The van der Waals surface area contributed by atoms with Crippen LogP contribution in [0.1, 0.15) is 11.1 Å². The third kappa shape index (κ3) is 7.04. The summed E-state index contributed by atoms with van der Waals surface area (Å²) in [6.07, 6.45) is -0.368. The average Bonchev–Trinajstić information content (AvgIpc) is 3.06. The lowest BCUT2D eigenvalue weighted by molar-refractivity contribution is -0.128. The highest BCUT2D eigenvalue weighted by Crippen LogP contribution is 2.35. The maximum atomic E-state index is 14.3. The second-order valence-electron chi connectivity index (χ2n) is 10.5. The van der Waals surface area contributed by atoms with Gasteiger partial charge >= 0.3 is 0 Å². The molecule has 0 fully saturated rings. The summed E-state index contributed by atoms with van der Waals surface area (Å²) >= 11 is 0. The molecule has 0 radical (unpaired) electrons. The fourth-order valence-electron chi connectivity index (χ4n) is 5.09. The van der Waals surface area contributed by atoms with E-state index in [9.17, 15) is 18.0 Å². The van der Waals surface area contributed by atoms with Gasteiger partial charge in [-0.1, -0.05) is 54.6 Å². The summed E-state index contributed by atoms with van der Waals surface area (Å²) in [5.74, 6) is -0.0208. The van der Waals surface area contributed by atoms with Crippen LogP contribution in [-0.4, -0.2) is 60.2 Å². The van der Waals surface area contributed by atoms with Gasteiger partial charge in [-0.25, -0.2) is 8.42 Å². The zero-order valence-electron chi connectivity index (χ0n) is 25.3. The summed E-state index contributed by atoms with van der Waals surface area (Å²) in [5, 5.41) is 2.90. The molecule has 0 aromatic heterocycles. The van der Waals surface area contributed by atoms with Gasteiger partial charge in [-0.05, 0) is 60.9 Å². The molecular weight excluding hydrogens is 594 g/mol. The van der Waals surface area contributed by atoms with Crippen LogP contribution in [0, 0.1) is 6.92 Å². The fourth-order valence-corrected chi connectivity index (χ4v) is 6.74. The van der Waals surface area contributed by atoms with Crippen molar-refractivity contribution in [3.63, 3.8) is 0 Å². The first-order valence-electron chi connectivity index (χ1n) is 14.4. The second kappa shape index (κ2) is 13.7. The molecule has 1 aliphatic rings. The minimum absolute atomic E-state index is 0.0846. The molecule has 0 bridgehead atoms. The first-order valence-corrected chi connectivity index (χ1v) is 15.8. The molecule has 0 aliphatic carbocycles. The normalized spacial score (nSPS) is 14.1. The Morgan fingerprint density at radius 2 is 1.69 bits per heavy atom. The number of hydrogen-bond donors (Lipinski definition) is 1. The lowest BCUT2D eigenvalue weighted by Gasteiger charge is -2.35. The third-order valence-corrected chi connectivity index (χ3v) is 9.23. The van der Waals surface area contributed by atoms with Crippen molar-refractivity contribution in [3.05, 3.63) is 108 Å². The van der Waals surface area contributed by atoms with E-state index in [-0.39, 0.29) is 28.8 Å². The first kappa shape index (κ1) is 31.4. The number of nitrogens with one attached hydrogen (secondary N) is 1. The molecule has 0 saturated carbocycles. The highest BCUT2D eigenvalue weighted by atomic mass is 32.2. The van der Waals surface area contributed by atoms with Crippen LogP contribution in [0.15, 0.2) is 102 Å². The Bertz CT molecular complexity index is 1780. The van der Waals surface area contributed by atoms with E-state index in [2.05, 4.69) is 5.32 Å². The SMILES string of the molecule is COc1cccc(N(CC(=O)N2CC(C(=O)NCCc3ccccc3)Oc3ccccc32)S(=O)(=O)c2cc(C)ccc2OC)c1. The molecule has 10 nitrogen and oxygen atoms in total. The number of carbonyl (C=O) groups excluding carboxylic acids is 2. The van der Waals surface area contributed by atoms with E-state index in [0.717, 1.165) is 9.87 Å². The zero-order chi connectivity index (χ0) is 32.0. The van der Waals surface area contributed by atoms with Gasteiger partial charge in [0, 0.05) is 12.6 Å². The largest absolute Gasteiger partial charge is 0.497 e. The van der Waals surface area contributed by atoms with Crippen LogP contribution in [0.4, 0.5) is 11.4 Å². The van der Waals surface area contributed by atoms with Crippen molar-refractivity contribution >= 4 is 33.2 Å². The Kier molecular flexibility index (Phi) is 9.58. The molecule has 0 spiro atoms. The van der Waals surface area contributed by atoms with Crippen LogP contribution < -0.4 is 28.7 Å². The Morgan fingerprint density at radius 1 is 0.933 bits per heavy atom. The van der Waals surface area contributed by atoms with Crippen LogP contribution in [0.3, 0.4) is 0 Å². The van der Waals surface area contributed by atoms with Gasteiger partial charge in [-0.3, -0.25) is 13.9 Å². The number of fused-ring (bicyclic) bond motifs is 1. The highest BCUT2D eigenvalue weighted by molar-refractivity contribution is 7.93. The summed E-state index contributed by atoms with van der Waals surface area (Å²) < 4.78 is 46.4. The highest BCUT2D eigenvalue weighted by Gasteiger charge is 2.37. The minimum atomic E-state index is -4.33. The number of rotatable bonds is 11. The van der Waals surface area contributed by atoms with E-state index in [1.807, 2.05) is 30.3 Å². The molecule has 4 aromatic rings. The van der Waals surface area contributed by atoms with Gasteiger partial charge in [0.1, 0.15) is 28.7 Å². The molecular formula is C34H35N3O7S. The maximum Gasteiger partial charge on any atom is 0.268 e. The van der Waals surface area contributed by atoms with Gasteiger partial charge in [0.25, 0.3) is 15.9 Å². The Hall–Kier alpha value is -5.03. The van der Waals surface area contributed by atoms with Crippen LogP contribution in [0.5, 0.6) is 17.2 Å². The summed E-state index contributed by atoms with van der Waals surface area (Å²) in [5.41, 5.74) is 2.44. The molecule has 4 aromatic carbocycles. The third-order valence-electron chi connectivity index (χ3n) is 7.43. The minimum Gasteiger partial charge on any atom is -0.497 e. The van der Waals surface area contributed by atoms with Crippen molar-refractivity contribution in [2.75, 3.05) is 43.1 Å². The molecule has 1 unspecified atom stereocenters. The summed E-state index contributed by atoms with van der Waals surface area (Å²) in [7, 11) is -1.47. The first-order chi connectivity index (χ1) is 21.7. The van der Waals surface area contributed by atoms with Gasteiger partial charge in [0.2, 0.25) is 5.91 Å². The maximum absolute atomic E-state index is 14.3. The molecule has 1 aliphatic heterocycles. The van der Waals surface area contributed by atoms with Crippen molar-refractivity contribution in [3.8, 4) is 17.2 Å². The second-order valence-corrected chi connectivity index (χ2v) is 12.3. The van der Waals surface area contributed by atoms with Crippen molar-refractivity contribution in [1.29, 1.82) is 0 Å². The van der Waals surface area contributed by atoms with Gasteiger partial charge in [0.15, 0.2) is 6.10 Å². The molecule has 1 N–H and O–H groups in total. The number of sulfonamides is 1. The van der Waals surface area contributed by atoms with E-state index in [1.165, 1.54) is 25.2 Å². The standard InChI is InChI=1S/C34H35N3O7S/c1-24-16-17-30(43-3)32(20-24)45(40,41)37(26-12-9-13-27(21-26)42-2)23-33(38)36-22-31(44-29-15-8-7-14-28(29)36)34(39)35-19-18-25-10-5-4-6-11-25/h4-17,20-21,31H,18-19,22-23H2,1-3H3,(H,35,39). The number of anilines is 2. The number of methoxy groups -OCH3 is 2. The zero-order valence-corrected chi connectivity index (χ0v) is 26.1. The van der Waals surface area contributed by atoms with Crippen molar-refractivity contribution < 1.29 is 32.2 Å². The number of carbonyl (C=O) groups is 2.